The number of carbonyl (C=O) groups is 1. The van der Waals surface area contributed by atoms with Crippen LogP contribution in [-0.4, -0.2) is 58.2 Å². The van der Waals surface area contributed by atoms with Crippen molar-refractivity contribution in [3.63, 3.8) is 0 Å². The molecule has 0 unspecified atom stereocenters. The van der Waals surface area contributed by atoms with E-state index in [1.54, 1.807) is 6.07 Å². The van der Waals surface area contributed by atoms with Crippen molar-refractivity contribution in [2.24, 2.45) is 5.92 Å². The third-order valence-electron chi connectivity index (χ3n) is 5.16. The van der Waals surface area contributed by atoms with Gasteiger partial charge in [-0.25, -0.2) is 12.8 Å². The van der Waals surface area contributed by atoms with Crippen molar-refractivity contribution >= 4 is 15.9 Å². The van der Waals surface area contributed by atoms with Crippen LogP contribution in [0.25, 0.3) is 0 Å². The molecule has 2 aliphatic rings. The van der Waals surface area contributed by atoms with Crippen LogP contribution in [0.2, 0.25) is 0 Å². The van der Waals surface area contributed by atoms with Crippen molar-refractivity contribution < 1.29 is 27.1 Å². The van der Waals surface area contributed by atoms with Gasteiger partial charge in [-0.05, 0) is 30.9 Å². The lowest BCUT2D eigenvalue weighted by Crippen LogP contribution is -2.52. The standard InChI is InChI=1S/C18H25FN2O5S/c1-25-14-5-6-15(26-2)16(11-14)27(23,24)21-9-7-18(19,8-10-21)17(22)20-12-13-3-4-13/h5-6,11,13H,3-4,7-10,12H2,1-2H3,(H,20,22). The summed E-state index contributed by atoms with van der Waals surface area (Å²) in [5.74, 6) is 0.393. The van der Waals surface area contributed by atoms with E-state index in [4.69, 9.17) is 9.47 Å². The Morgan fingerprint density at radius 2 is 1.93 bits per heavy atom. The first-order valence-electron chi connectivity index (χ1n) is 8.99. The molecule has 1 N–H and O–H groups in total. The molecule has 0 spiro atoms. The maximum Gasteiger partial charge on any atom is 0.257 e. The van der Waals surface area contributed by atoms with E-state index in [1.165, 1.54) is 30.7 Å². The van der Waals surface area contributed by atoms with Crippen LogP contribution in [0.1, 0.15) is 25.7 Å². The maximum atomic E-state index is 15.0. The largest absolute Gasteiger partial charge is 0.497 e. The van der Waals surface area contributed by atoms with Crippen molar-refractivity contribution in [3.8, 4) is 11.5 Å². The van der Waals surface area contributed by atoms with Gasteiger partial charge in [0.15, 0.2) is 5.67 Å². The second kappa shape index (κ2) is 7.63. The average molecular weight is 400 g/mol. The number of benzene rings is 1. The zero-order valence-electron chi connectivity index (χ0n) is 15.5. The molecule has 1 aliphatic carbocycles. The Hall–Kier alpha value is -1.87. The van der Waals surface area contributed by atoms with Crippen molar-refractivity contribution in [1.29, 1.82) is 0 Å². The highest BCUT2D eigenvalue weighted by Crippen LogP contribution is 2.35. The maximum absolute atomic E-state index is 15.0. The molecule has 0 radical (unpaired) electrons. The molecule has 1 aromatic carbocycles. The lowest BCUT2D eigenvalue weighted by molar-refractivity contribution is -0.135. The van der Waals surface area contributed by atoms with Crippen molar-refractivity contribution in [1.82, 2.24) is 9.62 Å². The smallest absolute Gasteiger partial charge is 0.257 e. The molecule has 1 amide bonds. The molecule has 1 saturated heterocycles. The number of sulfonamides is 1. The van der Waals surface area contributed by atoms with Gasteiger partial charge in [-0.15, -0.1) is 0 Å². The van der Waals surface area contributed by atoms with Gasteiger partial charge in [0.05, 0.1) is 14.2 Å². The minimum atomic E-state index is -3.90. The van der Waals surface area contributed by atoms with Crippen molar-refractivity contribution in [3.05, 3.63) is 18.2 Å². The molecule has 7 nitrogen and oxygen atoms in total. The number of rotatable bonds is 7. The van der Waals surface area contributed by atoms with Crippen LogP contribution in [0.15, 0.2) is 23.1 Å². The Morgan fingerprint density at radius 3 is 2.48 bits per heavy atom. The molecule has 1 aromatic rings. The molecule has 3 rings (SSSR count). The molecule has 1 aliphatic heterocycles. The predicted molar refractivity (Wildman–Crippen MR) is 97.1 cm³/mol. The first-order valence-corrected chi connectivity index (χ1v) is 10.4. The molecule has 2 fully saturated rings. The van der Waals surface area contributed by atoms with Crippen molar-refractivity contribution in [2.75, 3.05) is 33.9 Å². The Kier molecular flexibility index (Phi) is 5.62. The zero-order chi connectivity index (χ0) is 19.7. The number of halogens is 1. The van der Waals surface area contributed by atoms with Crippen LogP contribution in [-0.2, 0) is 14.8 Å². The molecule has 27 heavy (non-hydrogen) atoms. The molecule has 9 heteroatoms. The number of amides is 1. The zero-order valence-corrected chi connectivity index (χ0v) is 16.4. The summed E-state index contributed by atoms with van der Waals surface area (Å²) in [5.41, 5.74) is -2.03. The fourth-order valence-corrected chi connectivity index (χ4v) is 4.76. The van der Waals surface area contributed by atoms with E-state index in [9.17, 15) is 17.6 Å². The van der Waals surface area contributed by atoms with Gasteiger partial charge >= 0.3 is 0 Å². The van der Waals surface area contributed by atoms with Gasteiger partial charge in [-0.1, -0.05) is 0 Å². The van der Waals surface area contributed by atoms with Gasteiger partial charge in [-0.3, -0.25) is 4.79 Å². The quantitative estimate of drug-likeness (QED) is 0.753. The minimum Gasteiger partial charge on any atom is -0.497 e. The summed E-state index contributed by atoms with van der Waals surface area (Å²) in [6.07, 6.45) is 1.78. The highest BCUT2D eigenvalue weighted by Gasteiger charge is 2.45. The van der Waals surface area contributed by atoms with Crippen LogP contribution in [0, 0.1) is 5.92 Å². The number of hydrogen-bond donors (Lipinski definition) is 1. The second-order valence-corrected chi connectivity index (χ2v) is 8.95. The molecule has 0 atom stereocenters. The molecule has 0 aromatic heterocycles. The Balaban J connectivity index is 1.71. The number of carbonyl (C=O) groups excluding carboxylic acids is 1. The molecule has 150 valence electrons. The summed E-state index contributed by atoms with van der Waals surface area (Å²) >= 11 is 0. The van der Waals surface area contributed by atoms with Gasteiger partial charge in [0.1, 0.15) is 16.4 Å². The summed E-state index contributed by atoms with van der Waals surface area (Å²) in [5, 5.41) is 2.65. The Bertz CT molecular complexity index is 802. The van der Waals surface area contributed by atoms with Crippen LogP contribution in [0.4, 0.5) is 4.39 Å². The topological polar surface area (TPSA) is 84.9 Å². The second-order valence-electron chi connectivity index (χ2n) is 7.04. The molecule has 0 bridgehead atoms. The van der Waals surface area contributed by atoms with E-state index in [0.717, 1.165) is 12.8 Å². The van der Waals surface area contributed by atoms with Gasteiger partial charge < -0.3 is 14.8 Å². The van der Waals surface area contributed by atoms with Crippen LogP contribution >= 0.6 is 0 Å². The van der Waals surface area contributed by atoms with Crippen LogP contribution < -0.4 is 14.8 Å². The monoisotopic (exact) mass is 400 g/mol. The van der Waals surface area contributed by atoms with Crippen LogP contribution in [0.5, 0.6) is 11.5 Å². The summed E-state index contributed by atoms with van der Waals surface area (Å²) in [7, 11) is -1.07. The van der Waals surface area contributed by atoms with Gasteiger partial charge in [-0.2, -0.15) is 4.31 Å². The SMILES string of the molecule is COc1ccc(OC)c(S(=O)(=O)N2CCC(F)(C(=O)NCC3CC3)CC2)c1. The van der Waals surface area contributed by atoms with Crippen molar-refractivity contribution in [2.45, 2.75) is 36.2 Å². The normalized spacial score (nSPS) is 20.1. The summed E-state index contributed by atoms with van der Waals surface area (Å²) in [6, 6.07) is 4.50. The molecular formula is C18H25FN2O5S. The van der Waals surface area contributed by atoms with Gasteiger partial charge in [0.2, 0.25) is 10.0 Å². The number of piperidine rings is 1. The third kappa shape index (κ3) is 4.19. The molecule has 1 heterocycles. The Morgan fingerprint density at radius 1 is 1.26 bits per heavy atom. The number of ether oxygens (including phenoxy) is 2. The lowest BCUT2D eigenvalue weighted by Gasteiger charge is -2.34. The minimum absolute atomic E-state index is 0.0334. The lowest BCUT2D eigenvalue weighted by atomic mass is 9.93. The summed E-state index contributed by atoms with van der Waals surface area (Å²) < 4.78 is 52.5. The summed E-state index contributed by atoms with van der Waals surface area (Å²) in [4.78, 5) is 12.1. The van der Waals surface area contributed by atoms with E-state index in [2.05, 4.69) is 5.32 Å². The van der Waals surface area contributed by atoms with E-state index >= 15 is 0 Å². The fourth-order valence-electron chi connectivity index (χ4n) is 3.15. The average Bonchev–Trinajstić information content (AvgIpc) is 3.50. The highest BCUT2D eigenvalue weighted by molar-refractivity contribution is 7.89. The van der Waals surface area contributed by atoms with E-state index in [1.807, 2.05) is 0 Å². The number of nitrogens with one attached hydrogen (secondary N) is 1. The highest BCUT2D eigenvalue weighted by atomic mass is 32.2. The van der Waals surface area contributed by atoms with Gasteiger partial charge in [0.25, 0.3) is 5.91 Å². The van der Waals surface area contributed by atoms with Crippen LogP contribution in [0.3, 0.4) is 0 Å². The third-order valence-corrected chi connectivity index (χ3v) is 7.08. The molecular weight excluding hydrogens is 375 g/mol. The number of alkyl halides is 1. The first kappa shape index (κ1) is 19.9. The van der Waals surface area contributed by atoms with E-state index < -0.39 is 21.6 Å². The summed E-state index contributed by atoms with van der Waals surface area (Å²) in [6.45, 7) is 0.347. The van der Waals surface area contributed by atoms with Gasteiger partial charge in [0, 0.05) is 38.5 Å². The number of nitrogens with zero attached hydrogens (tertiary/aromatic N) is 1. The Labute approximate surface area is 158 Å². The predicted octanol–water partition coefficient (Wildman–Crippen LogP) is 1.72. The van der Waals surface area contributed by atoms with E-state index in [-0.39, 0.29) is 36.6 Å². The molecule has 1 saturated carbocycles. The van der Waals surface area contributed by atoms with E-state index in [0.29, 0.717) is 18.2 Å². The fraction of sp³-hybridized carbons (Fsp3) is 0.611. The number of methoxy groups -OCH3 is 2. The number of hydrogen-bond acceptors (Lipinski definition) is 5. The first-order chi connectivity index (χ1) is 12.8.